The van der Waals surface area contributed by atoms with Gasteiger partial charge in [-0.15, -0.1) is 0 Å². The molecule has 0 atom stereocenters. The highest BCUT2D eigenvalue weighted by Crippen LogP contribution is 2.20. The second-order valence-electron chi connectivity index (χ2n) is 5.71. The maximum atomic E-state index is 13.6. The molecule has 0 aliphatic heterocycles. The molecule has 2 amide bonds. The van der Waals surface area contributed by atoms with Crippen LogP contribution in [0.15, 0.2) is 60.7 Å². The van der Waals surface area contributed by atoms with Crippen LogP contribution < -0.4 is 10.6 Å². The van der Waals surface area contributed by atoms with Crippen LogP contribution in [0.4, 0.5) is 28.9 Å². The Hall–Kier alpha value is -3.68. The molecule has 4 nitrogen and oxygen atoms in total. The van der Waals surface area contributed by atoms with Gasteiger partial charge in [0.2, 0.25) is 0 Å². The average molecular weight is 388 g/mol. The van der Waals surface area contributed by atoms with Crippen LogP contribution in [-0.4, -0.2) is 11.8 Å². The number of anilines is 2. The highest BCUT2D eigenvalue weighted by atomic mass is 19.1. The molecule has 0 bridgehead atoms. The zero-order valence-electron chi connectivity index (χ0n) is 14.1. The first kappa shape index (κ1) is 19.1. The molecule has 0 saturated carbocycles. The molecule has 0 aliphatic rings. The van der Waals surface area contributed by atoms with Crippen molar-refractivity contribution in [3.8, 4) is 0 Å². The van der Waals surface area contributed by atoms with Gasteiger partial charge in [-0.2, -0.15) is 0 Å². The zero-order chi connectivity index (χ0) is 20.3. The molecule has 0 spiro atoms. The maximum absolute atomic E-state index is 13.6. The van der Waals surface area contributed by atoms with E-state index < -0.39 is 40.8 Å². The minimum absolute atomic E-state index is 0.0483. The Morgan fingerprint density at radius 3 is 1.71 bits per heavy atom. The third-order valence-corrected chi connectivity index (χ3v) is 3.79. The SMILES string of the molecule is O=C(Nc1ccc(F)cc1F)c1ccc(C(=O)Nc2c(F)cccc2F)cc1. The predicted molar refractivity (Wildman–Crippen MR) is 95.1 cm³/mol. The van der Waals surface area contributed by atoms with Crippen molar-refractivity contribution in [2.24, 2.45) is 0 Å². The van der Waals surface area contributed by atoms with Gasteiger partial charge in [0.1, 0.15) is 29.0 Å². The van der Waals surface area contributed by atoms with Crippen molar-refractivity contribution in [2.45, 2.75) is 0 Å². The molecule has 3 rings (SSSR count). The fourth-order valence-corrected chi connectivity index (χ4v) is 2.36. The van der Waals surface area contributed by atoms with Crippen LogP contribution >= 0.6 is 0 Å². The summed E-state index contributed by atoms with van der Waals surface area (Å²) in [5.74, 6) is -5.03. The van der Waals surface area contributed by atoms with E-state index in [-0.39, 0.29) is 16.8 Å². The van der Waals surface area contributed by atoms with E-state index in [1.165, 1.54) is 24.3 Å². The topological polar surface area (TPSA) is 58.2 Å². The number of hydrogen-bond donors (Lipinski definition) is 2. The van der Waals surface area contributed by atoms with Gasteiger partial charge in [-0.3, -0.25) is 9.59 Å². The van der Waals surface area contributed by atoms with Crippen molar-refractivity contribution < 1.29 is 27.2 Å². The van der Waals surface area contributed by atoms with E-state index in [0.717, 1.165) is 30.3 Å². The minimum atomic E-state index is -0.934. The molecular formula is C20H12F4N2O2. The molecule has 0 aromatic heterocycles. The fourth-order valence-electron chi connectivity index (χ4n) is 2.36. The first-order valence-electron chi connectivity index (χ1n) is 7.97. The molecular weight excluding hydrogens is 376 g/mol. The molecule has 0 radical (unpaired) electrons. The minimum Gasteiger partial charge on any atom is -0.319 e. The number of para-hydroxylation sites is 1. The lowest BCUT2D eigenvalue weighted by molar-refractivity contribution is 0.101. The molecule has 0 fully saturated rings. The second-order valence-corrected chi connectivity index (χ2v) is 5.71. The zero-order valence-corrected chi connectivity index (χ0v) is 14.1. The quantitative estimate of drug-likeness (QED) is 0.634. The Balaban J connectivity index is 1.72. The smallest absolute Gasteiger partial charge is 0.255 e. The third kappa shape index (κ3) is 4.17. The number of carbonyl (C=O) groups excluding carboxylic acids is 2. The summed E-state index contributed by atoms with van der Waals surface area (Å²) in [4.78, 5) is 24.3. The Bertz CT molecular complexity index is 1030. The van der Waals surface area contributed by atoms with Crippen LogP contribution in [0.2, 0.25) is 0 Å². The van der Waals surface area contributed by atoms with Crippen molar-refractivity contribution in [1.82, 2.24) is 0 Å². The lowest BCUT2D eigenvalue weighted by Crippen LogP contribution is -2.16. The largest absolute Gasteiger partial charge is 0.319 e. The monoisotopic (exact) mass is 388 g/mol. The van der Waals surface area contributed by atoms with Gasteiger partial charge in [-0.25, -0.2) is 17.6 Å². The highest BCUT2D eigenvalue weighted by Gasteiger charge is 2.15. The van der Waals surface area contributed by atoms with Crippen molar-refractivity contribution >= 4 is 23.2 Å². The lowest BCUT2D eigenvalue weighted by Gasteiger charge is -2.09. The van der Waals surface area contributed by atoms with Gasteiger partial charge in [0.05, 0.1) is 5.69 Å². The standard InChI is InChI=1S/C20H12F4N2O2/c21-13-8-9-17(16(24)10-13)25-19(27)11-4-6-12(7-5-11)20(28)26-18-14(22)2-1-3-15(18)23/h1-10H,(H,25,27)(H,26,28). The van der Waals surface area contributed by atoms with Crippen molar-refractivity contribution in [3.63, 3.8) is 0 Å². The second kappa shape index (κ2) is 7.91. The van der Waals surface area contributed by atoms with Crippen molar-refractivity contribution in [3.05, 3.63) is 95.1 Å². The van der Waals surface area contributed by atoms with Gasteiger partial charge in [0.25, 0.3) is 11.8 Å². The van der Waals surface area contributed by atoms with Crippen LogP contribution in [0.5, 0.6) is 0 Å². The van der Waals surface area contributed by atoms with E-state index >= 15 is 0 Å². The Kier molecular flexibility index (Phi) is 5.39. The Morgan fingerprint density at radius 1 is 0.643 bits per heavy atom. The number of rotatable bonds is 4. The molecule has 3 aromatic rings. The number of benzene rings is 3. The van der Waals surface area contributed by atoms with Gasteiger partial charge in [0.15, 0.2) is 0 Å². The van der Waals surface area contributed by atoms with Crippen LogP contribution in [0, 0.1) is 23.3 Å². The summed E-state index contributed by atoms with van der Waals surface area (Å²) in [7, 11) is 0. The third-order valence-electron chi connectivity index (χ3n) is 3.79. The molecule has 8 heteroatoms. The molecule has 0 unspecified atom stereocenters. The van der Waals surface area contributed by atoms with Crippen molar-refractivity contribution in [2.75, 3.05) is 10.6 Å². The summed E-state index contributed by atoms with van der Waals surface area (Å²) in [6.45, 7) is 0. The summed E-state index contributed by atoms with van der Waals surface area (Å²) in [5.41, 5.74) is -0.645. The number of hydrogen-bond acceptors (Lipinski definition) is 2. The maximum Gasteiger partial charge on any atom is 0.255 e. The van der Waals surface area contributed by atoms with Crippen LogP contribution in [0.1, 0.15) is 20.7 Å². The first-order valence-corrected chi connectivity index (χ1v) is 7.97. The summed E-state index contributed by atoms with van der Waals surface area (Å²) in [5, 5.41) is 4.40. The first-order chi connectivity index (χ1) is 13.3. The van der Waals surface area contributed by atoms with E-state index in [1.54, 1.807) is 0 Å². The number of halogens is 4. The number of carbonyl (C=O) groups is 2. The van der Waals surface area contributed by atoms with Gasteiger partial charge < -0.3 is 10.6 Å². The van der Waals surface area contributed by atoms with E-state index in [9.17, 15) is 27.2 Å². The van der Waals surface area contributed by atoms with Gasteiger partial charge in [-0.1, -0.05) is 6.07 Å². The van der Waals surface area contributed by atoms with E-state index in [0.29, 0.717) is 6.07 Å². The molecule has 0 aliphatic carbocycles. The van der Waals surface area contributed by atoms with Crippen molar-refractivity contribution in [1.29, 1.82) is 0 Å². The molecule has 3 aromatic carbocycles. The van der Waals surface area contributed by atoms with Gasteiger partial charge in [0, 0.05) is 17.2 Å². The predicted octanol–water partition coefficient (Wildman–Crippen LogP) is 4.75. The average Bonchev–Trinajstić information content (AvgIpc) is 2.67. The van der Waals surface area contributed by atoms with E-state index in [1.807, 2.05) is 0 Å². The fraction of sp³-hybridized carbons (Fsp3) is 0. The molecule has 0 saturated heterocycles. The highest BCUT2D eigenvalue weighted by molar-refractivity contribution is 6.07. The van der Waals surface area contributed by atoms with Gasteiger partial charge in [-0.05, 0) is 48.5 Å². The van der Waals surface area contributed by atoms with Crippen LogP contribution in [-0.2, 0) is 0 Å². The summed E-state index contributed by atoms with van der Waals surface area (Å²) < 4.78 is 53.7. The van der Waals surface area contributed by atoms with Gasteiger partial charge >= 0.3 is 0 Å². The molecule has 0 heterocycles. The number of nitrogens with one attached hydrogen (secondary N) is 2. The summed E-state index contributed by atoms with van der Waals surface area (Å²) in [6, 6.07) is 11.0. The Morgan fingerprint density at radius 2 is 1.18 bits per heavy atom. The lowest BCUT2D eigenvalue weighted by atomic mass is 10.1. The van der Waals surface area contributed by atoms with Crippen LogP contribution in [0.3, 0.4) is 0 Å². The van der Waals surface area contributed by atoms with Crippen LogP contribution in [0.25, 0.3) is 0 Å². The summed E-state index contributed by atoms with van der Waals surface area (Å²) in [6.07, 6.45) is 0. The molecule has 142 valence electrons. The normalized spacial score (nSPS) is 10.4. The molecule has 2 N–H and O–H groups in total. The van der Waals surface area contributed by atoms with E-state index in [2.05, 4.69) is 10.6 Å². The molecule has 28 heavy (non-hydrogen) atoms. The Labute approximate surface area is 156 Å². The number of amides is 2. The van der Waals surface area contributed by atoms with E-state index in [4.69, 9.17) is 0 Å². The summed E-state index contributed by atoms with van der Waals surface area (Å²) >= 11 is 0.